The Balaban J connectivity index is 1.80. The second-order valence-electron chi connectivity index (χ2n) is 11.0. The SMILES string of the molecule is C=C1CC[C@H](O)C/C1=C(O)\C=C1/CCC[C@]2(C)[C@@H]([C@H](C)/C=C/[C@H](C)C(C)C)CC[C@@H]12. The highest BCUT2D eigenvalue weighted by Gasteiger charge is 2.50. The summed E-state index contributed by atoms with van der Waals surface area (Å²) >= 11 is 0. The largest absolute Gasteiger partial charge is 0.508 e. The summed E-state index contributed by atoms with van der Waals surface area (Å²) in [7, 11) is 0. The first kappa shape index (κ1) is 23.4. The van der Waals surface area contributed by atoms with Crippen molar-refractivity contribution in [3.8, 4) is 0 Å². The topological polar surface area (TPSA) is 40.5 Å². The van der Waals surface area contributed by atoms with E-state index < -0.39 is 0 Å². The van der Waals surface area contributed by atoms with E-state index in [1.54, 1.807) is 0 Å². The van der Waals surface area contributed by atoms with E-state index in [1.807, 2.05) is 0 Å². The van der Waals surface area contributed by atoms with Gasteiger partial charge in [-0.1, -0.05) is 58.9 Å². The van der Waals surface area contributed by atoms with Crippen LogP contribution >= 0.6 is 0 Å². The maximum absolute atomic E-state index is 10.9. The molecule has 0 saturated heterocycles. The molecule has 0 heterocycles. The van der Waals surface area contributed by atoms with Gasteiger partial charge in [-0.3, -0.25) is 0 Å². The first-order chi connectivity index (χ1) is 14.1. The first-order valence-electron chi connectivity index (χ1n) is 12.3. The minimum Gasteiger partial charge on any atom is -0.508 e. The number of aliphatic hydroxyl groups is 2. The molecule has 0 amide bonds. The van der Waals surface area contributed by atoms with E-state index in [4.69, 9.17) is 0 Å². The zero-order valence-electron chi connectivity index (χ0n) is 20.0. The van der Waals surface area contributed by atoms with Crippen molar-refractivity contribution in [1.29, 1.82) is 0 Å². The third-order valence-electron chi connectivity index (χ3n) is 8.72. The van der Waals surface area contributed by atoms with Gasteiger partial charge in [0, 0.05) is 6.42 Å². The first-order valence-corrected chi connectivity index (χ1v) is 12.3. The van der Waals surface area contributed by atoms with E-state index in [0.717, 1.165) is 30.4 Å². The van der Waals surface area contributed by atoms with Gasteiger partial charge in [-0.05, 0) is 97.2 Å². The van der Waals surface area contributed by atoms with Gasteiger partial charge in [0.15, 0.2) is 0 Å². The van der Waals surface area contributed by atoms with Gasteiger partial charge in [0.25, 0.3) is 0 Å². The molecule has 3 aliphatic rings. The molecular formula is C28H44O2. The van der Waals surface area contributed by atoms with E-state index in [0.29, 0.717) is 47.2 Å². The van der Waals surface area contributed by atoms with Crippen LogP contribution in [0.15, 0.2) is 47.3 Å². The second-order valence-corrected chi connectivity index (χ2v) is 11.0. The molecule has 0 aliphatic heterocycles. The summed E-state index contributed by atoms with van der Waals surface area (Å²) in [6.07, 6.45) is 14.8. The number of allylic oxidation sites excluding steroid dienone is 5. The molecule has 0 bridgehead atoms. The fraction of sp³-hybridized carbons (Fsp3) is 0.714. The van der Waals surface area contributed by atoms with Crippen molar-refractivity contribution in [1.82, 2.24) is 0 Å². The highest BCUT2D eigenvalue weighted by Crippen LogP contribution is 2.59. The number of hydrogen-bond donors (Lipinski definition) is 2. The number of hydrogen-bond acceptors (Lipinski definition) is 2. The van der Waals surface area contributed by atoms with Crippen LogP contribution in [0.25, 0.3) is 0 Å². The van der Waals surface area contributed by atoms with Crippen molar-refractivity contribution in [2.75, 3.05) is 0 Å². The van der Waals surface area contributed by atoms with Crippen molar-refractivity contribution in [3.05, 3.63) is 47.3 Å². The molecule has 3 rings (SSSR count). The molecule has 2 N–H and O–H groups in total. The lowest BCUT2D eigenvalue weighted by atomic mass is 9.61. The van der Waals surface area contributed by atoms with E-state index in [9.17, 15) is 10.2 Å². The van der Waals surface area contributed by atoms with Crippen molar-refractivity contribution < 1.29 is 10.2 Å². The van der Waals surface area contributed by atoms with Crippen molar-refractivity contribution in [2.45, 2.75) is 92.1 Å². The summed E-state index contributed by atoms with van der Waals surface area (Å²) in [6, 6.07) is 0. The van der Waals surface area contributed by atoms with Gasteiger partial charge in [-0.15, -0.1) is 0 Å². The van der Waals surface area contributed by atoms with Crippen LogP contribution in [0, 0.1) is 35.0 Å². The molecule has 3 fully saturated rings. The average Bonchev–Trinajstić information content (AvgIpc) is 3.05. The summed E-state index contributed by atoms with van der Waals surface area (Å²) in [5.74, 6) is 3.55. The minimum absolute atomic E-state index is 0.322. The molecular weight excluding hydrogens is 368 g/mol. The van der Waals surface area contributed by atoms with E-state index in [2.05, 4.69) is 59.4 Å². The monoisotopic (exact) mass is 412 g/mol. The second kappa shape index (κ2) is 9.47. The smallest absolute Gasteiger partial charge is 0.119 e. The lowest BCUT2D eigenvalue weighted by molar-refractivity contribution is 0.111. The lowest BCUT2D eigenvalue weighted by Crippen LogP contribution is -2.35. The van der Waals surface area contributed by atoms with Crippen LogP contribution < -0.4 is 0 Å². The van der Waals surface area contributed by atoms with Crippen LogP contribution in [0.4, 0.5) is 0 Å². The minimum atomic E-state index is -0.348. The van der Waals surface area contributed by atoms with Gasteiger partial charge >= 0.3 is 0 Å². The Kier molecular flexibility index (Phi) is 7.38. The summed E-state index contributed by atoms with van der Waals surface area (Å²) in [5, 5.41) is 21.0. The molecule has 0 aromatic carbocycles. The fourth-order valence-corrected chi connectivity index (χ4v) is 6.35. The van der Waals surface area contributed by atoms with Crippen molar-refractivity contribution in [2.24, 2.45) is 35.0 Å². The summed E-state index contributed by atoms with van der Waals surface area (Å²) in [6.45, 7) is 16.0. The molecule has 2 nitrogen and oxygen atoms in total. The van der Waals surface area contributed by atoms with Gasteiger partial charge in [-0.2, -0.15) is 0 Å². The number of rotatable bonds is 5. The van der Waals surface area contributed by atoms with Crippen LogP contribution in [0.2, 0.25) is 0 Å². The van der Waals surface area contributed by atoms with Crippen LogP contribution in [0.1, 0.15) is 86.0 Å². The van der Waals surface area contributed by atoms with Crippen molar-refractivity contribution in [3.63, 3.8) is 0 Å². The Labute approximate surface area is 184 Å². The molecule has 2 heteroatoms. The third kappa shape index (κ3) is 4.79. The Hall–Kier alpha value is -1.28. The average molecular weight is 413 g/mol. The molecule has 6 atom stereocenters. The van der Waals surface area contributed by atoms with Gasteiger partial charge < -0.3 is 10.2 Å². The standard InChI is InChI=1S/C28H44O2/c1-18(2)19(3)9-10-21(5)25-13-14-26-22(8-7-15-28(25,26)6)16-27(30)24-17-23(29)12-11-20(24)4/h9-10,16,18-19,21,23,25-26,29-30H,4,7-8,11-15,17H2,1-3,5-6H3/b10-9+,22-16+,27-24-/t19-,21+,23-,25+,26-,28+/m0/s1. The Morgan fingerprint density at radius 2 is 1.83 bits per heavy atom. The quantitative estimate of drug-likeness (QED) is 0.362. The summed E-state index contributed by atoms with van der Waals surface area (Å²) < 4.78 is 0. The Morgan fingerprint density at radius 3 is 2.53 bits per heavy atom. The zero-order valence-corrected chi connectivity index (χ0v) is 20.0. The number of fused-ring (bicyclic) bond motifs is 1. The highest BCUT2D eigenvalue weighted by atomic mass is 16.3. The molecule has 3 aliphatic carbocycles. The van der Waals surface area contributed by atoms with Gasteiger partial charge in [0.1, 0.15) is 5.76 Å². The van der Waals surface area contributed by atoms with Gasteiger partial charge in [-0.25, -0.2) is 0 Å². The highest BCUT2D eigenvalue weighted by molar-refractivity contribution is 5.39. The van der Waals surface area contributed by atoms with E-state index in [1.165, 1.54) is 31.3 Å². The van der Waals surface area contributed by atoms with Crippen LogP contribution in [0.3, 0.4) is 0 Å². The molecule has 0 aromatic heterocycles. The Bertz CT molecular complexity index is 725. The predicted octanol–water partition coefficient (Wildman–Crippen LogP) is 7.53. The molecule has 0 unspecified atom stereocenters. The van der Waals surface area contributed by atoms with Gasteiger partial charge in [0.05, 0.1) is 6.10 Å². The number of aliphatic hydroxyl groups excluding tert-OH is 2. The molecule has 30 heavy (non-hydrogen) atoms. The van der Waals surface area contributed by atoms with Crippen LogP contribution in [-0.4, -0.2) is 16.3 Å². The molecule has 0 aromatic rings. The Morgan fingerprint density at radius 1 is 1.10 bits per heavy atom. The molecule has 0 radical (unpaired) electrons. The van der Waals surface area contributed by atoms with E-state index in [-0.39, 0.29) is 6.10 Å². The maximum atomic E-state index is 10.9. The molecule has 168 valence electrons. The summed E-state index contributed by atoms with van der Waals surface area (Å²) in [4.78, 5) is 0. The van der Waals surface area contributed by atoms with E-state index >= 15 is 0 Å². The molecule has 0 spiro atoms. The zero-order chi connectivity index (χ0) is 22.1. The fourth-order valence-electron chi connectivity index (χ4n) is 6.35. The maximum Gasteiger partial charge on any atom is 0.119 e. The normalized spacial score (nSPS) is 37.6. The van der Waals surface area contributed by atoms with Crippen molar-refractivity contribution >= 4 is 0 Å². The predicted molar refractivity (Wildman–Crippen MR) is 127 cm³/mol. The summed E-state index contributed by atoms with van der Waals surface area (Å²) in [5.41, 5.74) is 3.62. The van der Waals surface area contributed by atoms with Crippen LogP contribution in [-0.2, 0) is 0 Å². The third-order valence-corrected chi connectivity index (χ3v) is 8.72. The van der Waals surface area contributed by atoms with Gasteiger partial charge in [0.2, 0.25) is 0 Å². The van der Waals surface area contributed by atoms with Crippen LogP contribution in [0.5, 0.6) is 0 Å². The molecule has 3 saturated carbocycles. The lowest BCUT2D eigenvalue weighted by Gasteiger charge is -2.44.